The minimum Gasteiger partial charge on any atom is -0.384 e. The number of aromatic nitrogens is 5. The second-order valence-electron chi connectivity index (χ2n) is 2.72. The normalized spacial score (nSPS) is 10.4. The van der Waals surface area contributed by atoms with Crippen molar-refractivity contribution >= 4 is 11.7 Å². The van der Waals surface area contributed by atoms with Crippen LogP contribution in [0.1, 0.15) is 10.5 Å². The van der Waals surface area contributed by atoms with Crippen molar-refractivity contribution < 1.29 is 4.79 Å². The maximum Gasteiger partial charge on any atom is 0.300 e. The Morgan fingerprint density at radius 3 is 2.86 bits per heavy atom. The van der Waals surface area contributed by atoms with Gasteiger partial charge in [0.15, 0.2) is 5.69 Å². The number of nitrogen functional groups attached to an aromatic ring is 1. The largest absolute Gasteiger partial charge is 0.384 e. The summed E-state index contributed by atoms with van der Waals surface area (Å²) in [5.41, 5.74) is 5.78. The molecular formula is C7H8N6O. The van der Waals surface area contributed by atoms with Crippen LogP contribution in [0.2, 0.25) is 0 Å². The average Bonchev–Trinajstić information content (AvgIpc) is 2.76. The van der Waals surface area contributed by atoms with E-state index in [1.807, 2.05) is 0 Å². The molecule has 14 heavy (non-hydrogen) atoms. The summed E-state index contributed by atoms with van der Waals surface area (Å²) in [5, 5.41) is 7.62. The first-order chi connectivity index (χ1) is 6.68. The van der Waals surface area contributed by atoms with Gasteiger partial charge in [0, 0.05) is 13.1 Å². The molecule has 0 atom stereocenters. The molecule has 0 saturated heterocycles. The zero-order valence-corrected chi connectivity index (χ0v) is 7.45. The van der Waals surface area contributed by atoms with Gasteiger partial charge in [0.05, 0.1) is 0 Å². The van der Waals surface area contributed by atoms with Crippen LogP contribution in [0.25, 0.3) is 0 Å². The Morgan fingerprint density at radius 2 is 2.36 bits per heavy atom. The van der Waals surface area contributed by atoms with Crippen LogP contribution in [-0.4, -0.2) is 30.5 Å². The summed E-state index contributed by atoms with van der Waals surface area (Å²) < 4.78 is 2.52. The van der Waals surface area contributed by atoms with Gasteiger partial charge in [0.2, 0.25) is 0 Å². The number of nitrogens with two attached hydrogens (primary N) is 1. The van der Waals surface area contributed by atoms with E-state index in [1.165, 1.54) is 23.4 Å². The molecule has 2 N–H and O–H groups in total. The summed E-state index contributed by atoms with van der Waals surface area (Å²) in [6.45, 7) is 0. The Kier molecular flexibility index (Phi) is 1.77. The number of rotatable bonds is 1. The van der Waals surface area contributed by atoms with Crippen molar-refractivity contribution in [2.24, 2.45) is 7.05 Å². The lowest BCUT2D eigenvalue weighted by atomic mass is 10.4. The molecule has 0 bridgehead atoms. The Hall–Kier alpha value is -2.18. The van der Waals surface area contributed by atoms with E-state index in [0.29, 0.717) is 5.82 Å². The summed E-state index contributed by atoms with van der Waals surface area (Å²) in [6.07, 6.45) is 2.59. The number of carbonyl (C=O) groups is 1. The van der Waals surface area contributed by atoms with Crippen molar-refractivity contribution in [3.63, 3.8) is 0 Å². The lowest BCUT2D eigenvalue weighted by molar-refractivity contribution is 0.0939. The molecule has 7 heteroatoms. The molecular weight excluding hydrogens is 184 g/mol. The molecule has 2 aromatic heterocycles. The van der Waals surface area contributed by atoms with Gasteiger partial charge in [0.25, 0.3) is 5.91 Å². The minimum absolute atomic E-state index is 0.246. The molecule has 0 amide bonds. The molecule has 2 heterocycles. The molecule has 0 radical (unpaired) electrons. The number of aryl methyl sites for hydroxylation is 1. The van der Waals surface area contributed by atoms with Gasteiger partial charge in [-0.2, -0.15) is 14.9 Å². The average molecular weight is 192 g/mol. The molecule has 0 aromatic carbocycles. The van der Waals surface area contributed by atoms with Crippen molar-refractivity contribution in [1.29, 1.82) is 0 Å². The standard InChI is InChI=1S/C7H8N6O/c1-12-6(8)2-5(11-12)7(14)13-4-9-3-10-13/h2-4H,8H2,1H3. The molecule has 0 aliphatic carbocycles. The molecule has 2 aromatic rings. The van der Waals surface area contributed by atoms with E-state index in [-0.39, 0.29) is 11.6 Å². The van der Waals surface area contributed by atoms with E-state index >= 15 is 0 Å². The summed E-state index contributed by atoms with van der Waals surface area (Å²) in [7, 11) is 1.66. The van der Waals surface area contributed by atoms with Gasteiger partial charge < -0.3 is 5.73 Å². The van der Waals surface area contributed by atoms with E-state index in [1.54, 1.807) is 7.05 Å². The van der Waals surface area contributed by atoms with Crippen LogP contribution < -0.4 is 5.73 Å². The maximum atomic E-state index is 11.6. The van der Waals surface area contributed by atoms with Gasteiger partial charge >= 0.3 is 0 Å². The van der Waals surface area contributed by atoms with Gasteiger partial charge in [-0.25, -0.2) is 4.98 Å². The lowest BCUT2D eigenvalue weighted by Gasteiger charge is -1.93. The maximum absolute atomic E-state index is 11.6. The fraction of sp³-hybridized carbons (Fsp3) is 0.143. The van der Waals surface area contributed by atoms with E-state index in [2.05, 4.69) is 15.2 Å². The van der Waals surface area contributed by atoms with Crippen molar-refractivity contribution in [3.8, 4) is 0 Å². The quantitative estimate of drug-likeness (QED) is 0.643. The van der Waals surface area contributed by atoms with E-state index in [9.17, 15) is 4.79 Å². The predicted octanol–water partition coefficient (Wildman–Crippen LogP) is -0.718. The van der Waals surface area contributed by atoms with Gasteiger partial charge in [0.1, 0.15) is 18.5 Å². The third-order valence-corrected chi connectivity index (χ3v) is 1.76. The van der Waals surface area contributed by atoms with Gasteiger partial charge in [-0.3, -0.25) is 9.48 Å². The van der Waals surface area contributed by atoms with Crippen LogP contribution >= 0.6 is 0 Å². The van der Waals surface area contributed by atoms with E-state index in [0.717, 1.165) is 4.68 Å². The summed E-state index contributed by atoms with van der Waals surface area (Å²) in [6, 6.07) is 1.49. The number of carbonyl (C=O) groups excluding carboxylic acids is 1. The van der Waals surface area contributed by atoms with Crippen LogP contribution in [0.5, 0.6) is 0 Å². The smallest absolute Gasteiger partial charge is 0.300 e. The first-order valence-electron chi connectivity index (χ1n) is 3.87. The lowest BCUT2D eigenvalue weighted by Crippen LogP contribution is -2.13. The minimum atomic E-state index is -0.352. The van der Waals surface area contributed by atoms with Crippen LogP contribution in [0.15, 0.2) is 18.7 Å². The van der Waals surface area contributed by atoms with Gasteiger partial charge in [-0.05, 0) is 0 Å². The fourth-order valence-electron chi connectivity index (χ4n) is 1.02. The molecule has 0 fully saturated rings. The highest BCUT2D eigenvalue weighted by atomic mass is 16.2. The van der Waals surface area contributed by atoms with Crippen LogP contribution in [-0.2, 0) is 7.05 Å². The van der Waals surface area contributed by atoms with E-state index < -0.39 is 0 Å². The predicted molar refractivity (Wildman–Crippen MR) is 47.4 cm³/mol. The Balaban J connectivity index is 2.37. The Labute approximate surface area is 79.2 Å². The summed E-state index contributed by atoms with van der Waals surface area (Å²) in [4.78, 5) is 15.3. The van der Waals surface area contributed by atoms with E-state index in [4.69, 9.17) is 5.73 Å². The van der Waals surface area contributed by atoms with Crippen molar-refractivity contribution in [3.05, 3.63) is 24.4 Å². The molecule has 72 valence electrons. The third-order valence-electron chi connectivity index (χ3n) is 1.76. The monoisotopic (exact) mass is 192 g/mol. The molecule has 2 rings (SSSR count). The van der Waals surface area contributed by atoms with Crippen LogP contribution in [0.3, 0.4) is 0 Å². The third kappa shape index (κ3) is 1.24. The van der Waals surface area contributed by atoms with Crippen LogP contribution in [0.4, 0.5) is 5.82 Å². The first kappa shape index (κ1) is 8.42. The Bertz CT molecular complexity index is 437. The number of hydrogen-bond acceptors (Lipinski definition) is 5. The highest BCUT2D eigenvalue weighted by molar-refractivity contribution is 5.93. The second-order valence-corrected chi connectivity index (χ2v) is 2.72. The Morgan fingerprint density at radius 1 is 1.57 bits per heavy atom. The summed E-state index contributed by atoms with van der Waals surface area (Å²) >= 11 is 0. The molecule has 0 aliphatic heterocycles. The molecule has 0 spiro atoms. The highest BCUT2D eigenvalue weighted by Crippen LogP contribution is 2.05. The SMILES string of the molecule is Cn1nc(C(=O)n2cncn2)cc1N. The van der Waals surface area contributed by atoms with Crippen molar-refractivity contribution in [1.82, 2.24) is 24.5 Å². The topological polar surface area (TPSA) is 91.6 Å². The first-order valence-corrected chi connectivity index (χ1v) is 3.87. The van der Waals surface area contributed by atoms with Crippen molar-refractivity contribution in [2.45, 2.75) is 0 Å². The molecule has 7 nitrogen and oxygen atoms in total. The highest BCUT2D eigenvalue weighted by Gasteiger charge is 2.13. The summed E-state index contributed by atoms with van der Waals surface area (Å²) in [5.74, 6) is 0.0725. The van der Waals surface area contributed by atoms with Gasteiger partial charge in [-0.15, -0.1) is 0 Å². The zero-order valence-electron chi connectivity index (χ0n) is 7.45. The van der Waals surface area contributed by atoms with Crippen LogP contribution in [0, 0.1) is 0 Å². The molecule has 0 unspecified atom stereocenters. The molecule has 0 saturated carbocycles. The number of anilines is 1. The second kappa shape index (κ2) is 2.95. The molecule has 0 aliphatic rings. The number of nitrogens with zero attached hydrogens (tertiary/aromatic N) is 5. The number of hydrogen-bond donors (Lipinski definition) is 1. The van der Waals surface area contributed by atoms with Crippen molar-refractivity contribution in [2.75, 3.05) is 5.73 Å². The fourth-order valence-corrected chi connectivity index (χ4v) is 1.02. The zero-order chi connectivity index (χ0) is 10.1. The van der Waals surface area contributed by atoms with Gasteiger partial charge in [-0.1, -0.05) is 0 Å².